The van der Waals surface area contributed by atoms with E-state index in [9.17, 15) is 8.42 Å². The molecule has 1 unspecified atom stereocenters. The van der Waals surface area contributed by atoms with E-state index in [1.807, 2.05) is 44.1 Å². The number of sulfonamides is 1. The van der Waals surface area contributed by atoms with E-state index in [1.165, 1.54) is 12.8 Å². The van der Waals surface area contributed by atoms with Crippen LogP contribution in [0, 0.1) is 6.92 Å². The minimum Gasteiger partial charge on any atom is -0.456 e. The Morgan fingerprint density at radius 2 is 1.81 bits per heavy atom. The molecule has 174 valence electrons. The van der Waals surface area contributed by atoms with Crippen LogP contribution < -0.4 is 9.64 Å². The van der Waals surface area contributed by atoms with E-state index >= 15 is 0 Å². The van der Waals surface area contributed by atoms with Crippen LogP contribution in [-0.4, -0.2) is 63.9 Å². The normalized spacial score (nSPS) is 20.1. The number of aryl methyl sites for hydroxylation is 1. The molecule has 0 aromatic heterocycles. The Kier molecular flexibility index (Phi) is 7.00. The molecular formula is C24H32ClN3O3S. The Balaban J connectivity index is 1.69. The van der Waals surface area contributed by atoms with Crippen LogP contribution in [0.3, 0.4) is 0 Å². The van der Waals surface area contributed by atoms with Crippen molar-refractivity contribution in [2.45, 2.75) is 43.5 Å². The Bertz CT molecular complexity index is 1050. The van der Waals surface area contributed by atoms with Gasteiger partial charge in [-0.3, -0.25) is 0 Å². The van der Waals surface area contributed by atoms with Crippen LogP contribution in [0.25, 0.3) is 0 Å². The Labute approximate surface area is 196 Å². The summed E-state index contributed by atoms with van der Waals surface area (Å²) in [4.78, 5) is 4.49. The van der Waals surface area contributed by atoms with Crippen molar-refractivity contribution in [1.29, 1.82) is 0 Å². The largest absolute Gasteiger partial charge is 0.456 e. The molecule has 2 fully saturated rings. The van der Waals surface area contributed by atoms with Gasteiger partial charge in [0.1, 0.15) is 16.4 Å². The van der Waals surface area contributed by atoms with Gasteiger partial charge in [0.05, 0.1) is 0 Å². The Hall–Kier alpha value is -1.80. The topological polar surface area (TPSA) is 53.1 Å². The monoisotopic (exact) mass is 477 g/mol. The SMILES string of the molecule is Cc1cc(Cl)cc(Oc2ccc(N(C)C)cc2S(=O)(=O)N2CCCC2CN2CCCC2)c1. The van der Waals surface area contributed by atoms with Gasteiger partial charge in [0.15, 0.2) is 0 Å². The first kappa shape index (κ1) is 23.4. The highest BCUT2D eigenvalue weighted by Gasteiger charge is 2.38. The van der Waals surface area contributed by atoms with Crippen molar-refractivity contribution < 1.29 is 13.2 Å². The fraction of sp³-hybridized carbons (Fsp3) is 0.500. The highest BCUT2D eigenvalue weighted by atomic mass is 35.5. The summed E-state index contributed by atoms with van der Waals surface area (Å²) in [5.74, 6) is 0.850. The number of hydrogen-bond donors (Lipinski definition) is 0. The molecule has 2 heterocycles. The number of hydrogen-bond acceptors (Lipinski definition) is 5. The van der Waals surface area contributed by atoms with E-state index in [0.717, 1.165) is 43.7 Å². The molecule has 0 spiro atoms. The first-order valence-corrected chi connectivity index (χ1v) is 13.1. The third kappa shape index (κ3) is 5.06. The minimum absolute atomic E-state index is 0.00220. The molecular weight excluding hydrogens is 446 g/mol. The molecule has 0 N–H and O–H groups in total. The van der Waals surface area contributed by atoms with Crippen LogP contribution in [-0.2, 0) is 10.0 Å². The van der Waals surface area contributed by atoms with Crippen LogP contribution in [0.5, 0.6) is 11.5 Å². The first-order valence-electron chi connectivity index (χ1n) is 11.2. The second-order valence-electron chi connectivity index (χ2n) is 9.01. The second kappa shape index (κ2) is 9.59. The van der Waals surface area contributed by atoms with E-state index in [2.05, 4.69) is 4.90 Å². The lowest BCUT2D eigenvalue weighted by Gasteiger charge is -2.29. The molecule has 32 heavy (non-hydrogen) atoms. The summed E-state index contributed by atoms with van der Waals surface area (Å²) >= 11 is 6.20. The van der Waals surface area contributed by atoms with Crippen LogP contribution in [0.4, 0.5) is 5.69 Å². The molecule has 2 aliphatic heterocycles. The highest BCUT2D eigenvalue weighted by Crippen LogP contribution is 2.37. The third-order valence-corrected chi connectivity index (χ3v) is 8.46. The van der Waals surface area contributed by atoms with Gasteiger partial charge in [0, 0.05) is 43.9 Å². The van der Waals surface area contributed by atoms with E-state index in [4.69, 9.17) is 16.3 Å². The summed E-state index contributed by atoms with van der Waals surface area (Å²) in [5, 5.41) is 0.555. The number of ether oxygens (including phenoxy) is 1. The van der Waals surface area contributed by atoms with E-state index in [0.29, 0.717) is 23.1 Å². The second-order valence-corrected chi connectivity index (χ2v) is 11.3. The van der Waals surface area contributed by atoms with E-state index in [1.54, 1.807) is 22.5 Å². The summed E-state index contributed by atoms with van der Waals surface area (Å²) in [5.41, 5.74) is 1.76. The number of anilines is 1. The summed E-state index contributed by atoms with van der Waals surface area (Å²) in [6.45, 7) is 5.39. The van der Waals surface area contributed by atoms with Crippen LogP contribution in [0.2, 0.25) is 5.02 Å². The molecule has 1 atom stereocenters. The van der Waals surface area contributed by atoms with Crippen molar-refractivity contribution in [2.75, 3.05) is 45.2 Å². The fourth-order valence-corrected chi connectivity index (χ4v) is 6.75. The Morgan fingerprint density at radius 1 is 1.06 bits per heavy atom. The van der Waals surface area contributed by atoms with E-state index in [-0.39, 0.29) is 10.9 Å². The predicted molar refractivity (Wildman–Crippen MR) is 130 cm³/mol. The number of nitrogens with zero attached hydrogens (tertiary/aromatic N) is 3. The standard InChI is InChI=1S/C24H32ClN3O3S/c1-18-13-19(25)15-22(14-18)31-23-9-8-20(26(2)3)16-24(23)32(29,30)28-12-6-7-21(28)17-27-10-4-5-11-27/h8-9,13-16,21H,4-7,10-12,17H2,1-3H3. The molecule has 0 saturated carbocycles. The van der Waals surface area contributed by atoms with Gasteiger partial charge < -0.3 is 14.5 Å². The lowest BCUT2D eigenvalue weighted by atomic mass is 10.2. The van der Waals surface area contributed by atoms with Gasteiger partial charge in [-0.15, -0.1) is 0 Å². The zero-order valence-corrected chi connectivity index (χ0v) is 20.6. The van der Waals surface area contributed by atoms with Gasteiger partial charge >= 0.3 is 0 Å². The van der Waals surface area contributed by atoms with Crippen molar-refractivity contribution in [3.8, 4) is 11.5 Å². The zero-order valence-electron chi connectivity index (χ0n) is 19.1. The molecule has 2 aliphatic rings. The van der Waals surface area contributed by atoms with Crippen molar-refractivity contribution >= 4 is 27.3 Å². The maximum Gasteiger partial charge on any atom is 0.247 e. The maximum atomic E-state index is 13.9. The quantitative estimate of drug-likeness (QED) is 0.575. The number of rotatable bonds is 7. The van der Waals surface area contributed by atoms with Gasteiger partial charge in [0.25, 0.3) is 0 Å². The van der Waals surface area contributed by atoms with Crippen LogP contribution in [0.1, 0.15) is 31.2 Å². The smallest absolute Gasteiger partial charge is 0.247 e. The average molecular weight is 478 g/mol. The molecule has 0 amide bonds. The van der Waals surface area contributed by atoms with Crippen molar-refractivity contribution in [3.05, 3.63) is 47.0 Å². The first-order chi connectivity index (χ1) is 15.2. The molecule has 0 bridgehead atoms. The number of halogens is 1. The molecule has 2 saturated heterocycles. The lowest BCUT2D eigenvalue weighted by molar-refractivity contribution is 0.257. The predicted octanol–water partition coefficient (Wildman–Crippen LogP) is 4.76. The van der Waals surface area contributed by atoms with Crippen molar-refractivity contribution in [3.63, 3.8) is 0 Å². The average Bonchev–Trinajstić information content (AvgIpc) is 3.40. The van der Waals surface area contributed by atoms with Gasteiger partial charge in [-0.25, -0.2) is 8.42 Å². The zero-order chi connectivity index (χ0) is 22.9. The summed E-state index contributed by atoms with van der Waals surface area (Å²) in [7, 11) is 0.0683. The fourth-order valence-electron chi connectivity index (χ4n) is 4.65. The molecule has 2 aromatic carbocycles. The van der Waals surface area contributed by atoms with Crippen LogP contribution in [0.15, 0.2) is 41.3 Å². The van der Waals surface area contributed by atoms with Gasteiger partial charge in [-0.1, -0.05) is 11.6 Å². The molecule has 4 rings (SSSR count). The van der Waals surface area contributed by atoms with E-state index < -0.39 is 10.0 Å². The summed E-state index contributed by atoms with van der Waals surface area (Å²) in [6.07, 6.45) is 4.17. The van der Waals surface area contributed by atoms with Crippen molar-refractivity contribution in [2.24, 2.45) is 0 Å². The summed E-state index contributed by atoms with van der Waals surface area (Å²) < 4.78 is 35.6. The molecule has 0 radical (unpaired) electrons. The molecule has 8 heteroatoms. The van der Waals surface area contributed by atoms with Crippen LogP contribution >= 0.6 is 11.6 Å². The summed E-state index contributed by atoms with van der Waals surface area (Å²) in [6, 6.07) is 10.7. The maximum absolute atomic E-state index is 13.9. The molecule has 6 nitrogen and oxygen atoms in total. The van der Waals surface area contributed by atoms with Gasteiger partial charge in [0.2, 0.25) is 10.0 Å². The number of likely N-dealkylation sites (tertiary alicyclic amines) is 1. The van der Waals surface area contributed by atoms with Crippen molar-refractivity contribution in [1.82, 2.24) is 9.21 Å². The highest BCUT2D eigenvalue weighted by molar-refractivity contribution is 7.89. The lowest BCUT2D eigenvalue weighted by Crippen LogP contribution is -2.42. The Morgan fingerprint density at radius 3 is 2.50 bits per heavy atom. The molecule has 2 aromatic rings. The minimum atomic E-state index is -3.73. The van der Waals surface area contributed by atoms with Gasteiger partial charge in [-0.2, -0.15) is 4.31 Å². The number of benzene rings is 2. The third-order valence-electron chi connectivity index (χ3n) is 6.26. The van der Waals surface area contributed by atoms with Gasteiger partial charge in [-0.05, 0) is 87.7 Å². The molecule has 0 aliphatic carbocycles.